The molecule has 0 atom stereocenters. The average Bonchev–Trinajstić information content (AvgIpc) is 2.67. The summed E-state index contributed by atoms with van der Waals surface area (Å²) in [6, 6.07) is 0. The molecular weight excluding hydrogens is 246 g/mol. The zero-order valence-corrected chi connectivity index (χ0v) is 10.8. The fraction of sp³-hybridized carbons (Fsp3) is 0.667. The summed E-state index contributed by atoms with van der Waals surface area (Å²) in [5, 5.41) is 7.46. The largest absolute Gasteiger partial charge is 0.464 e. The van der Waals surface area contributed by atoms with Gasteiger partial charge in [0.25, 0.3) is 0 Å². The van der Waals surface area contributed by atoms with Gasteiger partial charge in [0.05, 0.1) is 25.1 Å². The zero-order chi connectivity index (χ0) is 13.1. The van der Waals surface area contributed by atoms with Gasteiger partial charge in [-0.25, -0.2) is 17.9 Å². The minimum absolute atomic E-state index is 0.0377. The average molecular weight is 261 g/mol. The maximum Gasteiger partial charge on any atom is 0.360 e. The molecule has 0 fully saturated rings. The second-order valence-electron chi connectivity index (χ2n) is 3.58. The van der Waals surface area contributed by atoms with Crippen LogP contribution in [0.2, 0.25) is 0 Å². The number of carbonyl (C=O) groups excluding carboxylic acids is 1. The van der Waals surface area contributed by atoms with Gasteiger partial charge < -0.3 is 4.74 Å². The molecule has 1 aromatic heterocycles. The molecule has 1 heterocycles. The van der Waals surface area contributed by atoms with Crippen molar-refractivity contribution < 1.29 is 17.9 Å². The minimum atomic E-state index is -3.07. The number of hydrogen-bond donors (Lipinski definition) is 0. The molecule has 0 aromatic carbocycles. The number of hydrogen-bond acceptors (Lipinski definition) is 6. The summed E-state index contributed by atoms with van der Waals surface area (Å²) in [6.45, 7) is 2.02. The predicted molar refractivity (Wildman–Crippen MR) is 60.5 cm³/mol. The van der Waals surface area contributed by atoms with Crippen molar-refractivity contribution >= 4 is 15.8 Å². The van der Waals surface area contributed by atoms with Gasteiger partial charge in [0.2, 0.25) is 0 Å². The van der Waals surface area contributed by atoms with E-state index in [9.17, 15) is 13.2 Å². The SMILES string of the molecule is CCc1c(C(=O)OC)nnn1CCS(C)(=O)=O. The number of carbonyl (C=O) groups is 1. The lowest BCUT2D eigenvalue weighted by molar-refractivity contribution is 0.0592. The van der Waals surface area contributed by atoms with E-state index in [1.165, 1.54) is 11.8 Å². The molecule has 0 saturated heterocycles. The van der Waals surface area contributed by atoms with Crippen LogP contribution < -0.4 is 0 Å². The molecule has 1 aromatic rings. The topological polar surface area (TPSA) is 91.2 Å². The molecule has 0 N–H and O–H groups in total. The molecule has 7 nitrogen and oxygen atoms in total. The molecule has 0 amide bonds. The fourth-order valence-corrected chi connectivity index (χ4v) is 1.87. The van der Waals surface area contributed by atoms with Gasteiger partial charge in [-0.15, -0.1) is 5.10 Å². The number of sulfone groups is 1. The predicted octanol–water partition coefficient (Wildman–Crippen LogP) is -0.328. The van der Waals surface area contributed by atoms with Crippen molar-refractivity contribution in [2.75, 3.05) is 19.1 Å². The number of nitrogens with zero attached hydrogens (tertiary/aromatic N) is 3. The molecule has 0 unspecified atom stereocenters. The van der Waals surface area contributed by atoms with E-state index in [1.807, 2.05) is 6.92 Å². The Hall–Kier alpha value is -1.44. The minimum Gasteiger partial charge on any atom is -0.464 e. The summed E-state index contributed by atoms with van der Waals surface area (Å²) >= 11 is 0. The lowest BCUT2D eigenvalue weighted by atomic mass is 10.2. The van der Waals surface area contributed by atoms with Gasteiger partial charge in [-0.05, 0) is 6.42 Å². The zero-order valence-electron chi connectivity index (χ0n) is 10.0. The highest BCUT2D eigenvalue weighted by Gasteiger charge is 2.19. The standard InChI is InChI=1S/C9H15N3O4S/c1-4-7-8(9(13)16-2)10-11-12(7)5-6-17(3,14)15/h4-6H2,1-3H3. The molecule has 96 valence electrons. The molecule has 8 heteroatoms. The second-order valence-corrected chi connectivity index (χ2v) is 5.84. The third kappa shape index (κ3) is 3.52. The van der Waals surface area contributed by atoms with Crippen molar-refractivity contribution in [2.45, 2.75) is 19.9 Å². The highest BCUT2D eigenvalue weighted by Crippen LogP contribution is 2.08. The van der Waals surface area contributed by atoms with Crippen molar-refractivity contribution in [1.82, 2.24) is 15.0 Å². The van der Waals surface area contributed by atoms with Gasteiger partial charge in [-0.1, -0.05) is 12.1 Å². The first-order valence-corrected chi connectivity index (χ1v) is 7.13. The molecule has 0 aliphatic carbocycles. The van der Waals surface area contributed by atoms with E-state index in [0.717, 1.165) is 6.26 Å². The van der Waals surface area contributed by atoms with Gasteiger partial charge in [-0.2, -0.15) is 0 Å². The van der Waals surface area contributed by atoms with Crippen LogP contribution in [0, 0.1) is 0 Å². The number of ether oxygens (including phenoxy) is 1. The summed E-state index contributed by atoms with van der Waals surface area (Å²) in [7, 11) is -1.81. The van der Waals surface area contributed by atoms with Crippen molar-refractivity contribution in [2.24, 2.45) is 0 Å². The van der Waals surface area contributed by atoms with Crippen LogP contribution >= 0.6 is 0 Å². The van der Waals surface area contributed by atoms with Gasteiger partial charge >= 0.3 is 5.97 Å². The first kappa shape index (κ1) is 13.6. The molecular formula is C9H15N3O4S. The Morgan fingerprint density at radius 3 is 2.59 bits per heavy atom. The van der Waals surface area contributed by atoms with E-state index in [-0.39, 0.29) is 18.0 Å². The summed E-state index contributed by atoms with van der Waals surface area (Å²) in [5.74, 6) is -0.600. The van der Waals surface area contributed by atoms with Crippen LogP contribution in [0.3, 0.4) is 0 Å². The Balaban J connectivity index is 2.94. The number of aryl methyl sites for hydroxylation is 1. The molecule has 0 radical (unpaired) electrons. The fourth-order valence-electron chi connectivity index (χ4n) is 1.37. The van der Waals surface area contributed by atoms with Crippen LogP contribution in [0.1, 0.15) is 23.1 Å². The Bertz CT molecular complexity index is 506. The van der Waals surface area contributed by atoms with Crippen molar-refractivity contribution in [3.63, 3.8) is 0 Å². The number of esters is 1. The summed E-state index contributed by atoms with van der Waals surface area (Å²) in [6.07, 6.45) is 1.68. The molecule has 0 saturated carbocycles. The van der Waals surface area contributed by atoms with E-state index in [0.29, 0.717) is 12.1 Å². The summed E-state index contributed by atoms with van der Waals surface area (Å²) < 4.78 is 28.1. The summed E-state index contributed by atoms with van der Waals surface area (Å²) in [4.78, 5) is 11.4. The Morgan fingerprint density at radius 1 is 1.47 bits per heavy atom. The van der Waals surface area contributed by atoms with Crippen LogP contribution in [0.15, 0.2) is 0 Å². The lowest BCUT2D eigenvalue weighted by Crippen LogP contribution is -2.15. The van der Waals surface area contributed by atoms with Gasteiger partial charge in [-0.3, -0.25) is 0 Å². The van der Waals surface area contributed by atoms with Crippen LogP contribution in [-0.2, 0) is 27.5 Å². The van der Waals surface area contributed by atoms with Crippen LogP contribution in [0.25, 0.3) is 0 Å². The second kappa shape index (κ2) is 5.26. The number of rotatable bonds is 5. The highest BCUT2D eigenvalue weighted by atomic mass is 32.2. The van der Waals surface area contributed by atoms with Crippen molar-refractivity contribution in [3.05, 3.63) is 11.4 Å². The third-order valence-corrected chi connectivity index (χ3v) is 3.15. The van der Waals surface area contributed by atoms with Crippen LogP contribution in [0.4, 0.5) is 0 Å². The quantitative estimate of drug-likeness (QED) is 0.674. The highest BCUT2D eigenvalue weighted by molar-refractivity contribution is 7.90. The van der Waals surface area contributed by atoms with Gasteiger partial charge in [0.15, 0.2) is 5.69 Å². The smallest absolute Gasteiger partial charge is 0.360 e. The monoisotopic (exact) mass is 261 g/mol. The van der Waals surface area contributed by atoms with Gasteiger partial charge in [0.1, 0.15) is 9.84 Å². The lowest BCUT2D eigenvalue weighted by Gasteiger charge is -2.04. The van der Waals surface area contributed by atoms with Crippen LogP contribution in [-0.4, -0.2) is 48.5 Å². The van der Waals surface area contributed by atoms with Crippen LogP contribution in [0.5, 0.6) is 0 Å². The number of aromatic nitrogens is 3. The third-order valence-electron chi connectivity index (χ3n) is 2.23. The Labute approximate surface area is 99.7 Å². The maximum absolute atomic E-state index is 11.4. The molecule has 0 bridgehead atoms. The first-order valence-electron chi connectivity index (χ1n) is 5.07. The van der Waals surface area contributed by atoms with E-state index < -0.39 is 15.8 Å². The molecule has 0 aliphatic rings. The molecule has 0 aliphatic heterocycles. The Morgan fingerprint density at radius 2 is 2.12 bits per heavy atom. The van der Waals surface area contributed by atoms with E-state index in [2.05, 4.69) is 15.0 Å². The molecule has 1 rings (SSSR count). The van der Waals surface area contributed by atoms with Gasteiger partial charge in [0, 0.05) is 6.26 Å². The molecule has 0 spiro atoms. The molecule has 17 heavy (non-hydrogen) atoms. The first-order chi connectivity index (χ1) is 7.89. The number of methoxy groups -OCH3 is 1. The summed E-state index contributed by atoms with van der Waals surface area (Å²) in [5.41, 5.74) is 0.726. The normalized spacial score (nSPS) is 11.5. The van der Waals surface area contributed by atoms with E-state index in [4.69, 9.17) is 0 Å². The van der Waals surface area contributed by atoms with Crippen molar-refractivity contribution in [3.8, 4) is 0 Å². The van der Waals surface area contributed by atoms with E-state index in [1.54, 1.807) is 0 Å². The maximum atomic E-state index is 11.4. The Kier molecular flexibility index (Phi) is 4.22. The van der Waals surface area contributed by atoms with Crippen molar-refractivity contribution in [1.29, 1.82) is 0 Å². The van der Waals surface area contributed by atoms with E-state index >= 15 is 0 Å².